The molecular weight excluding hydrogens is 176 g/mol. The van der Waals surface area contributed by atoms with Gasteiger partial charge in [-0.3, -0.25) is 4.99 Å². The molecule has 1 heterocycles. The smallest absolute Gasteiger partial charge is 0.331 e. The Morgan fingerprint density at radius 3 is 3.25 bits per heavy atom. The van der Waals surface area contributed by atoms with Crippen molar-refractivity contribution in [3.63, 3.8) is 0 Å². The summed E-state index contributed by atoms with van der Waals surface area (Å²) < 4.78 is 4.57. The third-order valence-corrected chi connectivity index (χ3v) is 2.66. The number of aliphatic imine (C=N–C) groups is 1. The van der Waals surface area contributed by atoms with E-state index in [1.54, 1.807) is 11.8 Å². The van der Waals surface area contributed by atoms with Gasteiger partial charge in [0.05, 0.1) is 12.2 Å². The highest BCUT2D eigenvalue weighted by Gasteiger charge is 2.24. The van der Waals surface area contributed by atoms with Crippen LogP contribution in [0.3, 0.4) is 0 Å². The topological polar surface area (TPSA) is 64.7 Å². The highest BCUT2D eigenvalue weighted by molar-refractivity contribution is 8.14. The monoisotopic (exact) mass is 188 g/mol. The van der Waals surface area contributed by atoms with Gasteiger partial charge in [0.25, 0.3) is 0 Å². The first-order valence-corrected chi connectivity index (χ1v) is 4.74. The largest absolute Gasteiger partial charge is 0.467 e. The van der Waals surface area contributed by atoms with Crippen molar-refractivity contribution in [2.75, 3.05) is 19.4 Å². The standard InChI is InChI=1S/C7H12N2O2S/c1-11-7(10)5-4-12-6(9-5)2-3-8/h5H,2-4,8H2,1H3. The van der Waals surface area contributed by atoms with E-state index in [0.29, 0.717) is 12.3 Å². The third kappa shape index (κ3) is 2.22. The lowest BCUT2D eigenvalue weighted by molar-refractivity contribution is -0.141. The Morgan fingerprint density at radius 1 is 1.92 bits per heavy atom. The molecular formula is C7H12N2O2S. The van der Waals surface area contributed by atoms with E-state index in [9.17, 15) is 4.79 Å². The lowest BCUT2D eigenvalue weighted by Gasteiger charge is -2.00. The summed E-state index contributed by atoms with van der Waals surface area (Å²) in [7, 11) is 1.38. The van der Waals surface area contributed by atoms with Gasteiger partial charge < -0.3 is 10.5 Å². The number of nitrogens with zero attached hydrogens (tertiary/aromatic N) is 1. The highest BCUT2D eigenvalue weighted by atomic mass is 32.2. The molecule has 1 atom stereocenters. The minimum Gasteiger partial charge on any atom is -0.467 e. The Labute approximate surface area is 75.6 Å². The SMILES string of the molecule is COC(=O)C1CSC(CCN)=N1. The number of carbonyl (C=O) groups excluding carboxylic acids is 1. The fourth-order valence-electron chi connectivity index (χ4n) is 0.940. The van der Waals surface area contributed by atoms with Crippen LogP contribution in [0.5, 0.6) is 0 Å². The molecule has 0 saturated carbocycles. The third-order valence-electron chi connectivity index (χ3n) is 1.54. The zero-order chi connectivity index (χ0) is 8.97. The van der Waals surface area contributed by atoms with Gasteiger partial charge in [-0.15, -0.1) is 11.8 Å². The summed E-state index contributed by atoms with van der Waals surface area (Å²) in [5.41, 5.74) is 5.35. The van der Waals surface area contributed by atoms with Crippen molar-refractivity contribution >= 4 is 22.8 Å². The van der Waals surface area contributed by atoms with Crippen molar-refractivity contribution in [3.05, 3.63) is 0 Å². The van der Waals surface area contributed by atoms with Crippen LogP contribution in [0.15, 0.2) is 4.99 Å². The average Bonchev–Trinajstić information content (AvgIpc) is 2.52. The first kappa shape index (κ1) is 9.54. The molecule has 1 aliphatic rings. The Hall–Kier alpha value is -0.550. The van der Waals surface area contributed by atoms with Gasteiger partial charge in [-0.05, 0) is 6.54 Å². The number of methoxy groups -OCH3 is 1. The number of nitrogens with two attached hydrogens (primary N) is 1. The van der Waals surface area contributed by atoms with E-state index < -0.39 is 0 Å². The van der Waals surface area contributed by atoms with Crippen LogP contribution in [-0.2, 0) is 9.53 Å². The van der Waals surface area contributed by atoms with E-state index in [4.69, 9.17) is 5.73 Å². The molecule has 0 radical (unpaired) electrons. The zero-order valence-corrected chi connectivity index (χ0v) is 7.76. The number of thioether (sulfide) groups is 1. The molecule has 0 bridgehead atoms. The molecule has 0 aromatic rings. The maximum atomic E-state index is 11.0. The summed E-state index contributed by atoms with van der Waals surface area (Å²) >= 11 is 1.59. The molecule has 12 heavy (non-hydrogen) atoms. The van der Waals surface area contributed by atoms with Crippen LogP contribution in [-0.4, -0.2) is 36.5 Å². The molecule has 0 saturated heterocycles. The Bertz CT molecular complexity index is 206. The van der Waals surface area contributed by atoms with E-state index in [2.05, 4.69) is 9.73 Å². The molecule has 0 fully saturated rings. The van der Waals surface area contributed by atoms with Crippen LogP contribution in [0.25, 0.3) is 0 Å². The number of hydrogen-bond acceptors (Lipinski definition) is 5. The quantitative estimate of drug-likeness (QED) is 0.634. The van der Waals surface area contributed by atoms with Gasteiger partial charge in [0.2, 0.25) is 0 Å². The minimum absolute atomic E-state index is 0.255. The maximum absolute atomic E-state index is 11.0. The van der Waals surface area contributed by atoms with E-state index in [1.165, 1.54) is 7.11 Å². The summed E-state index contributed by atoms with van der Waals surface area (Å²) in [5.74, 6) is 0.441. The molecule has 68 valence electrons. The molecule has 0 aromatic carbocycles. The van der Waals surface area contributed by atoms with Gasteiger partial charge in [0, 0.05) is 12.2 Å². The summed E-state index contributed by atoms with van der Waals surface area (Å²) in [5, 5.41) is 0.966. The number of ether oxygens (including phenoxy) is 1. The highest BCUT2D eigenvalue weighted by Crippen LogP contribution is 2.20. The molecule has 1 rings (SSSR count). The first-order valence-electron chi connectivity index (χ1n) is 3.75. The van der Waals surface area contributed by atoms with Crippen LogP contribution in [0, 0.1) is 0 Å². The predicted molar refractivity (Wildman–Crippen MR) is 49.4 cm³/mol. The molecule has 5 heteroatoms. The fourth-order valence-corrected chi connectivity index (χ4v) is 1.97. The lowest BCUT2D eigenvalue weighted by Crippen LogP contribution is -2.19. The van der Waals surface area contributed by atoms with Gasteiger partial charge in [0.1, 0.15) is 0 Å². The molecule has 2 N–H and O–H groups in total. The van der Waals surface area contributed by atoms with Crippen LogP contribution in [0.2, 0.25) is 0 Å². The molecule has 1 unspecified atom stereocenters. The van der Waals surface area contributed by atoms with Crippen molar-refractivity contribution in [2.45, 2.75) is 12.5 Å². The van der Waals surface area contributed by atoms with E-state index in [-0.39, 0.29) is 12.0 Å². The molecule has 1 aliphatic heterocycles. The van der Waals surface area contributed by atoms with Gasteiger partial charge in [-0.2, -0.15) is 0 Å². The van der Waals surface area contributed by atoms with Crippen molar-refractivity contribution in [3.8, 4) is 0 Å². The van der Waals surface area contributed by atoms with Crippen molar-refractivity contribution in [2.24, 2.45) is 10.7 Å². The van der Waals surface area contributed by atoms with Gasteiger partial charge in [0.15, 0.2) is 6.04 Å². The Morgan fingerprint density at radius 2 is 2.67 bits per heavy atom. The van der Waals surface area contributed by atoms with E-state index in [1.807, 2.05) is 0 Å². The predicted octanol–water partition coefficient (Wildman–Crippen LogP) is 0.0221. The van der Waals surface area contributed by atoms with E-state index in [0.717, 1.165) is 11.5 Å². The summed E-state index contributed by atoms with van der Waals surface area (Å²) in [6.45, 7) is 0.583. The normalized spacial score (nSPS) is 22.2. The molecule has 0 amide bonds. The molecule has 4 nitrogen and oxygen atoms in total. The second-order valence-corrected chi connectivity index (χ2v) is 3.50. The van der Waals surface area contributed by atoms with Crippen molar-refractivity contribution in [1.29, 1.82) is 0 Å². The fraction of sp³-hybridized carbons (Fsp3) is 0.714. The second-order valence-electron chi connectivity index (χ2n) is 2.41. The Kier molecular flexibility index (Phi) is 3.55. The Balaban J connectivity index is 2.46. The average molecular weight is 188 g/mol. The first-order chi connectivity index (χ1) is 5.77. The van der Waals surface area contributed by atoms with E-state index >= 15 is 0 Å². The second kappa shape index (κ2) is 4.47. The number of esters is 1. The minimum atomic E-state index is -0.304. The van der Waals surface area contributed by atoms with Crippen LogP contribution >= 0.6 is 11.8 Å². The molecule has 0 aromatic heterocycles. The van der Waals surface area contributed by atoms with Crippen molar-refractivity contribution in [1.82, 2.24) is 0 Å². The number of rotatable bonds is 3. The van der Waals surface area contributed by atoms with Gasteiger partial charge in [-0.25, -0.2) is 4.79 Å². The summed E-state index contributed by atoms with van der Waals surface area (Å²) in [6.07, 6.45) is 0.762. The molecule has 0 aliphatic carbocycles. The number of carbonyl (C=O) groups is 1. The van der Waals surface area contributed by atoms with Crippen molar-refractivity contribution < 1.29 is 9.53 Å². The van der Waals surface area contributed by atoms with Gasteiger partial charge >= 0.3 is 5.97 Å². The summed E-state index contributed by atoms with van der Waals surface area (Å²) in [6, 6.07) is -0.304. The summed E-state index contributed by atoms with van der Waals surface area (Å²) in [4.78, 5) is 15.2. The zero-order valence-electron chi connectivity index (χ0n) is 6.95. The van der Waals surface area contributed by atoms with Crippen LogP contribution in [0.4, 0.5) is 0 Å². The maximum Gasteiger partial charge on any atom is 0.331 e. The van der Waals surface area contributed by atoms with Crippen LogP contribution < -0.4 is 5.73 Å². The number of hydrogen-bond donors (Lipinski definition) is 1. The van der Waals surface area contributed by atoms with Crippen LogP contribution in [0.1, 0.15) is 6.42 Å². The lowest BCUT2D eigenvalue weighted by atomic mass is 10.3. The van der Waals surface area contributed by atoms with Gasteiger partial charge in [-0.1, -0.05) is 0 Å². The molecule has 0 spiro atoms.